The van der Waals surface area contributed by atoms with Crippen LogP contribution in [-0.4, -0.2) is 26.8 Å². The van der Waals surface area contributed by atoms with E-state index in [1.165, 1.54) is 0 Å². The summed E-state index contributed by atoms with van der Waals surface area (Å²) in [5, 5.41) is 3.24. The van der Waals surface area contributed by atoms with E-state index in [0.29, 0.717) is 13.1 Å². The van der Waals surface area contributed by atoms with Crippen LogP contribution in [0.25, 0.3) is 11.3 Å². The molecule has 1 heterocycles. The molecule has 2 aromatic rings. The molecule has 0 saturated carbocycles. The van der Waals surface area contributed by atoms with Gasteiger partial charge in [0.1, 0.15) is 11.5 Å². The van der Waals surface area contributed by atoms with Crippen LogP contribution in [-0.2, 0) is 16.6 Å². The van der Waals surface area contributed by atoms with Gasteiger partial charge in [-0.2, -0.15) is 0 Å². The van der Waals surface area contributed by atoms with Crippen molar-refractivity contribution in [3.05, 3.63) is 48.2 Å². The summed E-state index contributed by atoms with van der Waals surface area (Å²) in [6.07, 6.45) is 0. The molecule has 0 aliphatic rings. The average molecular weight is 322 g/mol. The van der Waals surface area contributed by atoms with Crippen LogP contribution >= 0.6 is 0 Å². The van der Waals surface area contributed by atoms with Crippen molar-refractivity contribution in [1.29, 1.82) is 0 Å². The van der Waals surface area contributed by atoms with E-state index in [4.69, 9.17) is 4.42 Å². The predicted molar refractivity (Wildman–Crippen MR) is 87.9 cm³/mol. The molecule has 120 valence electrons. The second-order valence-corrected chi connectivity index (χ2v) is 7.26. The van der Waals surface area contributed by atoms with Crippen LogP contribution in [0, 0.1) is 0 Å². The average Bonchev–Trinajstić information content (AvgIpc) is 3.01. The summed E-state index contributed by atoms with van der Waals surface area (Å²) < 4.78 is 31.1. The largest absolute Gasteiger partial charge is 0.460 e. The molecule has 2 N–H and O–H groups in total. The molecule has 0 unspecified atom stereocenters. The van der Waals surface area contributed by atoms with Crippen molar-refractivity contribution in [2.45, 2.75) is 26.4 Å². The Labute approximate surface area is 131 Å². The molecule has 22 heavy (non-hydrogen) atoms. The van der Waals surface area contributed by atoms with Gasteiger partial charge < -0.3 is 9.73 Å². The fourth-order valence-corrected chi connectivity index (χ4v) is 2.64. The highest BCUT2D eigenvalue weighted by atomic mass is 32.2. The Bertz CT molecular complexity index is 680. The second-order valence-electron chi connectivity index (χ2n) is 5.17. The number of hydrogen-bond acceptors (Lipinski definition) is 4. The van der Waals surface area contributed by atoms with E-state index >= 15 is 0 Å². The molecule has 1 aromatic heterocycles. The lowest BCUT2D eigenvalue weighted by Crippen LogP contribution is -2.39. The number of hydrogen-bond donors (Lipinski definition) is 2. The molecule has 2 rings (SSSR count). The highest BCUT2D eigenvalue weighted by molar-refractivity contribution is 7.89. The molecule has 0 radical (unpaired) electrons. The molecule has 1 aromatic carbocycles. The number of sulfonamides is 1. The zero-order chi connectivity index (χ0) is 16.0. The van der Waals surface area contributed by atoms with Gasteiger partial charge in [0, 0.05) is 18.2 Å². The third kappa shape index (κ3) is 4.98. The summed E-state index contributed by atoms with van der Waals surface area (Å²) in [5.41, 5.74) is 1.04. The van der Waals surface area contributed by atoms with E-state index in [-0.39, 0.29) is 11.8 Å². The molecule has 0 saturated heterocycles. The van der Waals surface area contributed by atoms with Crippen molar-refractivity contribution in [2.24, 2.45) is 0 Å². The Balaban J connectivity index is 1.84. The first-order chi connectivity index (χ1) is 10.5. The lowest BCUT2D eigenvalue weighted by atomic mass is 10.2. The van der Waals surface area contributed by atoms with Gasteiger partial charge in [-0.1, -0.05) is 30.3 Å². The Morgan fingerprint density at radius 1 is 1.14 bits per heavy atom. The molecular weight excluding hydrogens is 300 g/mol. The van der Waals surface area contributed by atoms with Crippen molar-refractivity contribution in [3.63, 3.8) is 0 Å². The van der Waals surface area contributed by atoms with Crippen LogP contribution < -0.4 is 10.0 Å². The Morgan fingerprint density at radius 3 is 2.55 bits per heavy atom. The maximum Gasteiger partial charge on any atom is 0.211 e. The SMILES string of the molecule is CCS(=O)(=O)NC[C@@H](C)NCc1ccc(-c2ccccc2)o1. The van der Waals surface area contributed by atoms with Crippen LogP contribution in [0.2, 0.25) is 0 Å². The molecule has 0 bridgehead atoms. The highest BCUT2D eigenvalue weighted by Gasteiger charge is 2.10. The fourth-order valence-electron chi connectivity index (χ4n) is 1.93. The van der Waals surface area contributed by atoms with Crippen molar-refractivity contribution >= 4 is 10.0 Å². The first kappa shape index (κ1) is 16.7. The maximum absolute atomic E-state index is 11.4. The first-order valence-corrected chi connectivity index (χ1v) is 9.00. The van der Waals surface area contributed by atoms with Gasteiger partial charge in [-0.15, -0.1) is 0 Å². The molecule has 0 fully saturated rings. The van der Waals surface area contributed by atoms with E-state index in [2.05, 4.69) is 10.0 Å². The van der Waals surface area contributed by atoms with Gasteiger partial charge in [0.15, 0.2) is 0 Å². The maximum atomic E-state index is 11.4. The Kier molecular flexibility index (Phi) is 5.76. The first-order valence-electron chi connectivity index (χ1n) is 7.35. The summed E-state index contributed by atoms with van der Waals surface area (Å²) in [7, 11) is -3.14. The zero-order valence-electron chi connectivity index (χ0n) is 12.9. The second kappa shape index (κ2) is 7.58. The number of nitrogens with one attached hydrogen (secondary N) is 2. The van der Waals surface area contributed by atoms with Crippen molar-refractivity contribution in [1.82, 2.24) is 10.0 Å². The van der Waals surface area contributed by atoms with Gasteiger partial charge >= 0.3 is 0 Å². The molecule has 5 nitrogen and oxygen atoms in total. The molecule has 1 atom stereocenters. The van der Waals surface area contributed by atoms with Crippen molar-refractivity contribution in [3.8, 4) is 11.3 Å². The summed E-state index contributed by atoms with van der Waals surface area (Å²) in [6, 6.07) is 13.8. The molecule has 0 spiro atoms. The van der Waals surface area contributed by atoms with E-state index in [1.54, 1.807) is 6.92 Å². The molecule has 0 amide bonds. The Hall–Kier alpha value is -1.63. The molecule has 0 aliphatic carbocycles. The monoisotopic (exact) mass is 322 g/mol. The lowest BCUT2D eigenvalue weighted by Gasteiger charge is -2.13. The van der Waals surface area contributed by atoms with Crippen LogP contribution in [0.3, 0.4) is 0 Å². The van der Waals surface area contributed by atoms with E-state index < -0.39 is 10.0 Å². The lowest BCUT2D eigenvalue weighted by molar-refractivity contribution is 0.458. The highest BCUT2D eigenvalue weighted by Crippen LogP contribution is 2.21. The number of benzene rings is 1. The Morgan fingerprint density at radius 2 is 1.86 bits per heavy atom. The summed E-state index contributed by atoms with van der Waals surface area (Å²) in [4.78, 5) is 0. The topological polar surface area (TPSA) is 71.3 Å². The molecule has 6 heteroatoms. The third-order valence-corrected chi connectivity index (χ3v) is 4.70. The minimum atomic E-state index is -3.14. The normalized spacial score (nSPS) is 13.2. The van der Waals surface area contributed by atoms with E-state index in [0.717, 1.165) is 17.1 Å². The van der Waals surface area contributed by atoms with Gasteiger partial charge in [-0.05, 0) is 26.0 Å². The standard InChI is InChI=1S/C16H22N2O3S/c1-3-22(19,20)18-11-13(2)17-12-15-9-10-16(21-15)14-7-5-4-6-8-14/h4-10,13,17-18H,3,11-12H2,1-2H3/t13-/m1/s1. The van der Waals surface area contributed by atoms with Crippen molar-refractivity contribution < 1.29 is 12.8 Å². The number of furan rings is 1. The molecule has 0 aliphatic heterocycles. The zero-order valence-corrected chi connectivity index (χ0v) is 13.7. The quantitative estimate of drug-likeness (QED) is 0.783. The van der Waals surface area contributed by atoms with Crippen LogP contribution in [0.4, 0.5) is 0 Å². The van der Waals surface area contributed by atoms with E-state index in [9.17, 15) is 8.42 Å². The van der Waals surface area contributed by atoms with Gasteiger partial charge in [-0.3, -0.25) is 0 Å². The predicted octanol–water partition coefficient (Wildman–Crippen LogP) is 2.36. The fraction of sp³-hybridized carbons (Fsp3) is 0.375. The summed E-state index contributed by atoms with van der Waals surface area (Å²) in [6.45, 7) is 4.47. The third-order valence-electron chi connectivity index (χ3n) is 3.33. The number of rotatable bonds is 8. The van der Waals surface area contributed by atoms with Crippen LogP contribution in [0.15, 0.2) is 46.9 Å². The summed E-state index contributed by atoms with van der Waals surface area (Å²) in [5.74, 6) is 1.75. The van der Waals surface area contributed by atoms with Gasteiger partial charge in [0.2, 0.25) is 10.0 Å². The molecular formula is C16H22N2O3S. The summed E-state index contributed by atoms with van der Waals surface area (Å²) >= 11 is 0. The van der Waals surface area contributed by atoms with Crippen LogP contribution in [0.5, 0.6) is 0 Å². The minimum Gasteiger partial charge on any atom is -0.460 e. The van der Waals surface area contributed by atoms with Crippen LogP contribution in [0.1, 0.15) is 19.6 Å². The van der Waals surface area contributed by atoms with Gasteiger partial charge in [0.05, 0.1) is 12.3 Å². The van der Waals surface area contributed by atoms with Gasteiger partial charge in [0.25, 0.3) is 0 Å². The van der Waals surface area contributed by atoms with E-state index in [1.807, 2.05) is 49.4 Å². The van der Waals surface area contributed by atoms with Gasteiger partial charge in [-0.25, -0.2) is 13.1 Å². The van der Waals surface area contributed by atoms with Crippen molar-refractivity contribution in [2.75, 3.05) is 12.3 Å². The minimum absolute atomic E-state index is 0.0200. The smallest absolute Gasteiger partial charge is 0.211 e.